The molecule has 0 aromatic heterocycles. The summed E-state index contributed by atoms with van der Waals surface area (Å²) in [4.78, 5) is 36.6. The van der Waals surface area contributed by atoms with E-state index >= 15 is 0 Å². The lowest BCUT2D eigenvalue weighted by atomic mass is 10.2. The van der Waals surface area contributed by atoms with Crippen molar-refractivity contribution in [3.8, 4) is 0 Å². The van der Waals surface area contributed by atoms with Crippen molar-refractivity contribution in [1.82, 2.24) is 10.2 Å². The fourth-order valence-electron chi connectivity index (χ4n) is 2.44. The van der Waals surface area contributed by atoms with Gasteiger partial charge < -0.3 is 15.0 Å². The maximum atomic E-state index is 13.4. The largest absolute Gasteiger partial charge is 0.454 e. The molecule has 0 unspecified atom stereocenters. The van der Waals surface area contributed by atoms with Crippen LogP contribution in [0.1, 0.15) is 31.2 Å². The van der Waals surface area contributed by atoms with E-state index in [4.69, 9.17) is 4.74 Å². The van der Waals surface area contributed by atoms with E-state index in [0.29, 0.717) is 18.5 Å². The second-order valence-electron chi connectivity index (χ2n) is 5.65. The summed E-state index contributed by atoms with van der Waals surface area (Å²) in [5, 5.41) is 2.48. The number of esters is 1. The van der Waals surface area contributed by atoms with Gasteiger partial charge in [0.15, 0.2) is 6.61 Å². The second-order valence-corrected chi connectivity index (χ2v) is 5.65. The molecule has 1 saturated heterocycles. The summed E-state index contributed by atoms with van der Waals surface area (Å²) in [5.74, 6) is -1.61. The molecule has 1 aliphatic rings. The topological polar surface area (TPSA) is 75.7 Å². The zero-order valence-electron chi connectivity index (χ0n) is 13.4. The molecule has 0 atom stereocenters. The molecule has 130 valence electrons. The van der Waals surface area contributed by atoms with Gasteiger partial charge in [-0.15, -0.1) is 0 Å². The van der Waals surface area contributed by atoms with Gasteiger partial charge in [0.25, 0.3) is 5.91 Å². The number of carbonyl (C=O) groups excluding carboxylic acids is 3. The highest BCUT2D eigenvalue weighted by Gasteiger charge is 2.20. The third kappa shape index (κ3) is 5.64. The summed E-state index contributed by atoms with van der Waals surface area (Å²) in [6.07, 6.45) is 3.11. The minimum absolute atomic E-state index is 0.0215. The van der Waals surface area contributed by atoms with E-state index in [2.05, 4.69) is 5.32 Å². The molecule has 24 heavy (non-hydrogen) atoms. The highest BCUT2D eigenvalue weighted by Crippen LogP contribution is 2.11. The van der Waals surface area contributed by atoms with Crippen LogP contribution in [0, 0.1) is 5.82 Å². The van der Waals surface area contributed by atoms with E-state index in [1.807, 2.05) is 0 Å². The predicted molar refractivity (Wildman–Crippen MR) is 84.3 cm³/mol. The van der Waals surface area contributed by atoms with Crippen molar-refractivity contribution in [3.05, 3.63) is 35.6 Å². The first-order valence-electron chi connectivity index (χ1n) is 8.00. The number of hydrogen-bond acceptors (Lipinski definition) is 4. The first kappa shape index (κ1) is 17.9. The fourth-order valence-corrected chi connectivity index (χ4v) is 2.44. The quantitative estimate of drug-likeness (QED) is 0.797. The molecule has 0 bridgehead atoms. The van der Waals surface area contributed by atoms with Crippen LogP contribution >= 0.6 is 0 Å². The number of hydrogen-bond donors (Lipinski definition) is 1. The number of benzene rings is 1. The first-order chi connectivity index (χ1) is 11.6. The molecule has 6 nitrogen and oxygen atoms in total. The van der Waals surface area contributed by atoms with Gasteiger partial charge in [-0.3, -0.25) is 14.4 Å². The highest BCUT2D eigenvalue weighted by molar-refractivity contribution is 5.84. The normalized spacial score (nSPS) is 14.9. The predicted octanol–water partition coefficient (Wildman–Crippen LogP) is 1.39. The number of carbonyl (C=O) groups is 3. The van der Waals surface area contributed by atoms with E-state index in [-0.39, 0.29) is 19.0 Å². The van der Waals surface area contributed by atoms with Crippen LogP contribution < -0.4 is 5.32 Å². The molecule has 1 N–H and O–H groups in total. The first-order valence-corrected chi connectivity index (χ1v) is 8.00. The average molecular weight is 336 g/mol. The Morgan fingerprint density at radius 2 is 2.00 bits per heavy atom. The monoisotopic (exact) mass is 336 g/mol. The van der Waals surface area contributed by atoms with Crippen molar-refractivity contribution in [2.24, 2.45) is 0 Å². The van der Waals surface area contributed by atoms with Crippen molar-refractivity contribution < 1.29 is 23.5 Å². The molecule has 7 heteroatoms. The van der Waals surface area contributed by atoms with Gasteiger partial charge in [0.1, 0.15) is 12.4 Å². The van der Waals surface area contributed by atoms with Crippen molar-refractivity contribution in [2.75, 3.05) is 19.7 Å². The SMILES string of the molecule is O=C(COC(=O)CN1CCCCCC1=O)NCc1ccccc1F. The van der Waals surface area contributed by atoms with Crippen LogP contribution in [0.3, 0.4) is 0 Å². The van der Waals surface area contributed by atoms with Crippen LogP contribution in [0.4, 0.5) is 4.39 Å². The molecule has 0 spiro atoms. The van der Waals surface area contributed by atoms with Gasteiger partial charge in [0, 0.05) is 25.1 Å². The van der Waals surface area contributed by atoms with Crippen LogP contribution in [0.15, 0.2) is 24.3 Å². The van der Waals surface area contributed by atoms with Gasteiger partial charge in [-0.1, -0.05) is 24.6 Å². The molecular weight excluding hydrogens is 315 g/mol. The Bertz CT molecular complexity index is 606. The summed E-state index contributed by atoms with van der Waals surface area (Å²) in [6, 6.07) is 6.10. The van der Waals surface area contributed by atoms with Crippen LogP contribution in [0.2, 0.25) is 0 Å². The molecule has 0 radical (unpaired) electrons. The third-order valence-corrected chi connectivity index (χ3v) is 3.79. The molecule has 1 fully saturated rings. The fraction of sp³-hybridized carbons (Fsp3) is 0.471. The standard InChI is InChI=1S/C17H21FN2O4/c18-14-7-4-3-6-13(14)10-19-15(21)12-24-17(23)11-20-9-5-1-2-8-16(20)22/h3-4,6-7H,1-2,5,8-12H2,(H,19,21). The smallest absolute Gasteiger partial charge is 0.326 e. The Hall–Kier alpha value is -2.44. The summed E-state index contributed by atoms with van der Waals surface area (Å²) in [6.45, 7) is -0.0319. The number of halogens is 1. The van der Waals surface area contributed by atoms with E-state index < -0.39 is 24.3 Å². The molecule has 1 aromatic carbocycles. The second kappa shape index (κ2) is 9.00. The van der Waals surface area contributed by atoms with E-state index in [9.17, 15) is 18.8 Å². The Morgan fingerprint density at radius 1 is 1.21 bits per heavy atom. The average Bonchev–Trinajstić information content (AvgIpc) is 2.77. The van der Waals surface area contributed by atoms with Gasteiger partial charge in [0.05, 0.1) is 0 Å². The van der Waals surface area contributed by atoms with Crippen molar-refractivity contribution in [1.29, 1.82) is 0 Å². The lowest BCUT2D eigenvalue weighted by Crippen LogP contribution is -2.37. The van der Waals surface area contributed by atoms with Crippen LogP contribution in [-0.2, 0) is 25.7 Å². The minimum Gasteiger partial charge on any atom is -0.454 e. The zero-order chi connectivity index (χ0) is 17.4. The van der Waals surface area contributed by atoms with Crippen LogP contribution in [0.5, 0.6) is 0 Å². The van der Waals surface area contributed by atoms with Gasteiger partial charge in [-0.05, 0) is 18.9 Å². The number of amides is 2. The van der Waals surface area contributed by atoms with Gasteiger partial charge in [-0.2, -0.15) is 0 Å². The molecule has 2 amide bonds. The summed E-state index contributed by atoms with van der Waals surface area (Å²) in [7, 11) is 0. The molecule has 0 saturated carbocycles. The number of nitrogens with one attached hydrogen (secondary N) is 1. The van der Waals surface area contributed by atoms with Crippen molar-refractivity contribution in [2.45, 2.75) is 32.2 Å². The number of rotatable bonds is 6. The molecule has 2 rings (SSSR count). The van der Waals surface area contributed by atoms with Gasteiger partial charge in [-0.25, -0.2) is 4.39 Å². The van der Waals surface area contributed by atoms with E-state index in [1.54, 1.807) is 18.2 Å². The Kier molecular flexibility index (Phi) is 6.72. The molecule has 1 aromatic rings. The molecule has 1 aliphatic heterocycles. The van der Waals surface area contributed by atoms with Gasteiger partial charge in [0.2, 0.25) is 5.91 Å². The summed E-state index contributed by atoms with van der Waals surface area (Å²) in [5.41, 5.74) is 0.354. The maximum absolute atomic E-state index is 13.4. The Labute approximate surface area is 140 Å². The zero-order valence-corrected chi connectivity index (χ0v) is 13.4. The highest BCUT2D eigenvalue weighted by atomic mass is 19.1. The van der Waals surface area contributed by atoms with Gasteiger partial charge >= 0.3 is 5.97 Å². The maximum Gasteiger partial charge on any atom is 0.326 e. The summed E-state index contributed by atoms with van der Waals surface area (Å²) >= 11 is 0. The van der Waals surface area contributed by atoms with E-state index in [1.165, 1.54) is 11.0 Å². The number of ether oxygens (including phenoxy) is 1. The molecule has 0 aliphatic carbocycles. The number of likely N-dealkylation sites (tertiary alicyclic amines) is 1. The minimum atomic E-state index is -0.619. The third-order valence-electron chi connectivity index (χ3n) is 3.79. The van der Waals surface area contributed by atoms with Crippen molar-refractivity contribution >= 4 is 17.8 Å². The van der Waals surface area contributed by atoms with Crippen LogP contribution in [-0.4, -0.2) is 42.4 Å². The van der Waals surface area contributed by atoms with Crippen molar-refractivity contribution in [3.63, 3.8) is 0 Å². The Morgan fingerprint density at radius 3 is 2.79 bits per heavy atom. The molecular formula is C17H21FN2O4. The summed E-state index contributed by atoms with van der Waals surface area (Å²) < 4.78 is 18.3. The number of nitrogens with zero attached hydrogens (tertiary/aromatic N) is 1. The van der Waals surface area contributed by atoms with E-state index in [0.717, 1.165) is 19.3 Å². The molecule has 1 heterocycles. The lowest BCUT2D eigenvalue weighted by molar-refractivity contribution is -0.152. The van der Waals surface area contributed by atoms with Crippen LogP contribution in [0.25, 0.3) is 0 Å². The Balaban J connectivity index is 1.70. The lowest BCUT2D eigenvalue weighted by Gasteiger charge is -2.19.